The molecule has 2 nitrogen and oxygen atoms in total. The van der Waals surface area contributed by atoms with Crippen molar-refractivity contribution in [3.05, 3.63) is 70.3 Å². The minimum atomic E-state index is -4.54. The molecule has 2 aromatic carbocycles. The SMILES string of the molecule is Cc1ccc(C)c(/C(=C/c2ccccc2C(F)(F)F)C(=O)O)c1. The van der Waals surface area contributed by atoms with E-state index in [1.807, 2.05) is 6.07 Å². The number of alkyl halides is 3. The van der Waals surface area contributed by atoms with E-state index < -0.39 is 17.7 Å². The lowest BCUT2D eigenvalue weighted by atomic mass is 9.95. The van der Waals surface area contributed by atoms with Crippen molar-refractivity contribution < 1.29 is 23.1 Å². The lowest BCUT2D eigenvalue weighted by Crippen LogP contribution is -2.08. The molecule has 0 atom stereocenters. The molecular formula is C18H15F3O2. The molecule has 0 aromatic heterocycles. The zero-order chi connectivity index (χ0) is 17.2. The molecule has 0 aliphatic carbocycles. The number of aryl methyl sites for hydroxylation is 2. The van der Waals surface area contributed by atoms with Crippen LogP contribution in [0.3, 0.4) is 0 Å². The Kier molecular flexibility index (Phi) is 4.59. The van der Waals surface area contributed by atoms with E-state index in [4.69, 9.17) is 0 Å². The van der Waals surface area contributed by atoms with Crippen molar-refractivity contribution in [2.24, 2.45) is 0 Å². The van der Waals surface area contributed by atoms with Crippen molar-refractivity contribution in [3.63, 3.8) is 0 Å². The number of carboxylic acid groups (broad SMARTS) is 1. The van der Waals surface area contributed by atoms with Crippen LogP contribution in [0.4, 0.5) is 13.2 Å². The van der Waals surface area contributed by atoms with Crippen molar-refractivity contribution >= 4 is 17.6 Å². The largest absolute Gasteiger partial charge is 0.478 e. The molecule has 0 saturated carbocycles. The summed E-state index contributed by atoms with van der Waals surface area (Å²) in [5, 5.41) is 9.45. The van der Waals surface area contributed by atoms with Crippen LogP contribution in [0.5, 0.6) is 0 Å². The van der Waals surface area contributed by atoms with E-state index in [9.17, 15) is 23.1 Å². The van der Waals surface area contributed by atoms with Crippen molar-refractivity contribution in [1.29, 1.82) is 0 Å². The Bertz CT molecular complexity index is 774. The Morgan fingerprint density at radius 1 is 1.09 bits per heavy atom. The van der Waals surface area contributed by atoms with Gasteiger partial charge < -0.3 is 5.11 Å². The number of benzene rings is 2. The molecular weight excluding hydrogens is 305 g/mol. The highest BCUT2D eigenvalue weighted by Gasteiger charge is 2.32. The number of rotatable bonds is 3. The number of carbonyl (C=O) groups is 1. The number of hydrogen-bond donors (Lipinski definition) is 1. The fourth-order valence-corrected chi connectivity index (χ4v) is 2.32. The first-order valence-electron chi connectivity index (χ1n) is 6.89. The standard InChI is InChI=1S/C18H15F3O2/c1-11-7-8-12(2)14(9-11)15(17(22)23)10-13-5-3-4-6-16(13)18(19,20)21/h3-10H,1-2H3,(H,22,23)/b15-10-. The summed E-state index contributed by atoms with van der Waals surface area (Å²) in [6.07, 6.45) is -3.47. The molecule has 2 rings (SSSR count). The molecule has 0 saturated heterocycles. The summed E-state index contributed by atoms with van der Waals surface area (Å²) >= 11 is 0. The Morgan fingerprint density at radius 2 is 1.74 bits per heavy atom. The minimum Gasteiger partial charge on any atom is -0.478 e. The third-order valence-electron chi connectivity index (χ3n) is 3.48. The molecule has 5 heteroatoms. The summed E-state index contributed by atoms with van der Waals surface area (Å²) in [7, 11) is 0. The van der Waals surface area contributed by atoms with Crippen LogP contribution in [0.25, 0.3) is 11.6 Å². The molecule has 1 N–H and O–H groups in total. The molecule has 2 aromatic rings. The minimum absolute atomic E-state index is 0.164. The Labute approximate surface area is 131 Å². The molecule has 23 heavy (non-hydrogen) atoms. The molecule has 0 bridgehead atoms. The van der Waals surface area contributed by atoms with E-state index in [-0.39, 0.29) is 11.1 Å². The van der Waals surface area contributed by atoms with Gasteiger partial charge in [-0.15, -0.1) is 0 Å². The highest BCUT2D eigenvalue weighted by Crippen LogP contribution is 2.34. The lowest BCUT2D eigenvalue weighted by Gasteiger charge is -2.12. The van der Waals surface area contributed by atoms with Gasteiger partial charge in [0, 0.05) is 0 Å². The average Bonchev–Trinajstić information content (AvgIpc) is 2.46. The lowest BCUT2D eigenvalue weighted by molar-refractivity contribution is -0.137. The summed E-state index contributed by atoms with van der Waals surface area (Å²) in [5.41, 5.74) is 0.746. The van der Waals surface area contributed by atoms with Crippen molar-refractivity contribution in [2.45, 2.75) is 20.0 Å². The van der Waals surface area contributed by atoms with E-state index in [0.29, 0.717) is 11.1 Å². The van der Waals surface area contributed by atoms with Crippen molar-refractivity contribution in [2.75, 3.05) is 0 Å². The Balaban J connectivity index is 2.67. The number of hydrogen-bond acceptors (Lipinski definition) is 1. The van der Waals surface area contributed by atoms with E-state index in [0.717, 1.165) is 17.7 Å². The van der Waals surface area contributed by atoms with Gasteiger partial charge >= 0.3 is 12.1 Å². The van der Waals surface area contributed by atoms with Crippen molar-refractivity contribution in [1.82, 2.24) is 0 Å². The van der Waals surface area contributed by atoms with Gasteiger partial charge in [0.25, 0.3) is 0 Å². The molecule has 0 radical (unpaired) electrons. The molecule has 0 fully saturated rings. The molecule has 0 unspecified atom stereocenters. The van der Waals surface area contributed by atoms with Crippen LogP contribution in [0.15, 0.2) is 42.5 Å². The topological polar surface area (TPSA) is 37.3 Å². The van der Waals surface area contributed by atoms with Gasteiger partial charge in [-0.2, -0.15) is 13.2 Å². The van der Waals surface area contributed by atoms with E-state index in [1.165, 1.54) is 18.2 Å². The van der Waals surface area contributed by atoms with Crippen molar-refractivity contribution in [3.8, 4) is 0 Å². The smallest absolute Gasteiger partial charge is 0.416 e. The molecule has 120 valence electrons. The quantitative estimate of drug-likeness (QED) is 0.642. The van der Waals surface area contributed by atoms with Crippen LogP contribution in [-0.4, -0.2) is 11.1 Å². The first-order valence-corrected chi connectivity index (χ1v) is 6.89. The summed E-state index contributed by atoms with van der Waals surface area (Å²) in [4.78, 5) is 11.6. The summed E-state index contributed by atoms with van der Waals surface area (Å²) < 4.78 is 39.2. The first kappa shape index (κ1) is 16.8. The van der Waals surface area contributed by atoms with Crippen LogP contribution < -0.4 is 0 Å². The molecule has 0 aliphatic heterocycles. The second-order valence-electron chi connectivity index (χ2n) is 5.27. The Morgan fingerprint density at radius 3 is 2.35 bits per heavy atom. The van der Waals surface area contributed by atoms with E-state index >= 15 is 0 Å². The molecule has 0 spiro atoms. The van der Waals surface area contributed by atoms with Gasteiger partial charge in [-0.05, 0) is 42.7 Å². The van der Waals surface area contributed by atoms with Gasteiger partial charge in [-0.1, -0.05) is 42.0 Å². The maximum atomic E-state index is 13.1. The predicted molar refractivity (Wildman–Crippen MR) is 82.9 cm³/mol. The fourth-order valence-electron chi connectivity index (χ4n) is 2.32. The maximum absolute atomic E-state index is 13.1. The maximum Gasteiger partial charge on any atom is 0.416 e. The van der Waals surface area contributed by atoms with Gasteiger partial charge in [0.2, 0.25) is 0 Å². The van der Waals surface area contributed by atoms with Gasteiger partial charge in [-0.25, -0.2) is 4.79 Å². The number of aliphatic carboxylic acids is 1. The van der Waals surface area contributed by atoms with E-state index in [2.05, 4.69) is 0 Å². The van der Waals surface area contributed by atoms with Gasteiger partial charge in [0.1, 0.15) is 0 Å². The normalized spacial score (nSPS) is 12.3. The highest BCUT2D eigenvalue weighted by molar-refractivity contribution is 6.21. The monoisotopic (exact) mass is 320 g/mol. The van der Waals surface area contributed by atoms with Crippen LogP contribution in [-0.2, 0) is 11.0 Å². The zero-order valence-electron chi connectivity index (χ0n) is 12.6. The van der Waals surface area contributed by atoms with Crippen LogP contribution in [0.1, 0.15) is 27.8 Å². The Hall–Kier alpha value is -2.56. The van der Waals surface area contributed by atoms with Crippen LogP contribution in [0.2, 0.25) is 0 Å². The number of halogens is 3. The molecule has 0 heterocycles. The van der Waals surface area contributed by atoms with Gasteiger partial charge in [-0.3, -0.25) is 0 Å². The second-order valence-corrected chi connectivity index (χ2v) is 5.27. The highest BCUT2D eigenvalue weighted by atomic mass is 19.4. The first-order chi connectivity index (χ1) is 10.7. The van der Waals surface area contributed by atoms with Crippen LogP contribution in [0, 0.1) is 13.8 Å². The second kappa shape index (κ2) is 6.28. The predicted octanol–water partition coefficient (Wildman–Crippen LogP) is 4.95. The summed E-state index contributed by atoms with van der Waals surface area (Å²) in [6, 6.07) is 10.2. The third-order valence-corrected chi connectivity index (χ3v) is 3.48. The number of carboxylic acids is 1. The zero-order valence-corrected chi connectivity index (χ0v) is 12.6. The van der Waals surface area contributed by atoms with E-state index in [1.54, 1.807) is 26.0 Å². The average molecular weight is 320 g/mol. The van der Waals surface area contributed by atoms with Gasteiger partial charge in [0.15, 0.2) is 0 Å². The van der Waals surface area contributed by atoms with Gasteiger partial charge in [0.05, 0.1) is 11.1 Å². The molecule has 0 amide bonds. The third kappa shape index (κ3) is 3.80. The molecule has 0 aliphatic rings. The summed E-state index contributed by atoms with van der Waals surface area (Å²) in [6.45, 7) is 3.52. The summed E-state index contributed by atoms with van der Waals surface area (Å²) in [5.74, 6) is -1.27. The fraction of sp³-hybridized carbons (Fsp3) is 0.167. The van der Waals surface area contributed by atoms with Crippen LogP contribution >= 0.6 is 0 Å².